The molecule has 0 aromatic heterocycles. The van der Waals surface area contributed by atoms with E-state index in [-0.39, 0.29) is 10.00 Å². The number of ketones is 1. The predicted octanol–water partition coefficient (Wildman–Crippen LogP) is 2.72. The van der Waals surface area contributed by atoms with Gasteiger partial charge in [-0.25, -0.2) is 0 Å². The van der Waals surface area contributed by atoms with Crippen molar-refractivity contribution in [2.24, 2.45) is 11.8 Å². The minimum atomic E-state index is 0.272. The molecular weight excluding hydrogens is 212 g/mol. The summed E-state index contributed by atoms with van der Waals surface area (Å²) < 4.78 is 0.279. The second-order valence-corrected chi connectivity index (χ2v) is 7.34. The molecule has 2 atom stereocenters. The number of hydrogen-bond donors (Lipinski definition) is 0. The van der Waals surface area contributed by atoms with E-state index in [1.54, 1.807) is 0 Å². The minimum Gasteiger partial charge on any atom is -0.299 e. The van der Waals surface area contributed by atoms with E-state index in [1.807, 2.05) is 0 Å². The molecule has 1 saturated carbocycles. The molecule has 0 radical (unpaired) electrons. The lowest BCUT2D eigenvalue weighted by Gasteiger charge is -2.40. The molecule has 3 rings (SSSR count). The highest BCUT2D eigenvalue weighted by molar-refractivity contribution is 8.19. The van der Waals surface area contributed by atoms with Crippen LogP contribution >= 0.6 is 23.5 Å². The largest absolute Gasteiger partial charge is 0.299 e. The van der Waals surface area contributed by atoms with Gasteiger partial charge in [-0.2, -0.15) is 0 Å². The molecule has 0 aromatic carbocycles. The number of hydrogen-bond acceptors (Lipinski definition) is 3. The monoisotopic (exact) mass is 226 g/mol. The lowest BCUT2D eigenvalue weighted by Crippen LogP contribution is -2.32. The van der Waals surface area contributed by atoms with E-state index in [2.05, 4.69) is 35.7 Å². The van der Waals surface area contributed by atoms with Crippen LogP contribution in [0.15, 0.2) is 12.2 Å². The SMILES string of the molecule is O=C1C[C@H]2C[C@H]1C=CC21SCCCS1. The molecule has 2 bridgehead atoms. The molecule has 2 aliphatic carbocycles. The van der Waals surface area contributed by atoms with Gasteiger partial charge >= 0.3 is 0 Å². The summed E-state index contributed by atoms with van der Waals surface area (Å²) in [6, 6.07) is 0. The van der Waals surface area contributed by atoms with Crippen molar-refractivity contribution in [3.05, 3.63) is 12.2 Å². The Bertz CT molecular complexity index is 292. The lowest BCUT2D eigenvalue weighted by molar-refractivity contribution is -0.119. The van der Waals surface area contributed by atoms with Crippen molar-refractivity contribution in [3.8, 4) is 0 Å². The van der Waals surface area contributed by atoms with Crippen LogP contribution in [0.25, 0.3) is 0 Å². The minimum absolute atomic E-state index is 0.272. The Hall–Kier alpha value is 0.110. The van der Waals surface area contributed by atoms with Gasteiger partial charge in [-0.3, -0.25) is 4.79 Å². The van der Waals surface area contributed by atoms with Gasteiger partial charge in [-0.1, -0.05) is 12.2 Å². The Balaban J connectivity index is 1.91. The molecule has 0 amide bonds. The quantitative estimate of drug-likeness (QED) is 0.591. The molecule has 76 valence electrons. The summed E-state index contributed by atoms with van der Waals surface area (Å²) in [7, 11) is 0. The first-order valence-corrected chi connectivity index (χ1v) is 7.27. The van der Waals surface area contributed by atoms with E-state index in [4.69, 9.17) is 0 Å². The number of carbonyl (C=O) groups is 1. The van der Waals surface area contributed by atoms with Crippen LogP contribution in [-0.4, -0.2) is 21.4 Å². The number of allylic oxidation sites excluding steroid dienone is 1. The molecule has 0 aromatic rings. The highest BCUT2D eigenvalue weighted by Crippen LogP contribution is 2.56. The maximum absolute atomic E-state index is 11.6. The molecule has 1 nitrogen and oxygen atoms in total. The van der Waals surface area contributed by atoms with Gasteiger partial charge in [0.1, 0.15) is 5.78 Å². The van der Waals surface area contributed by atoms with Crippen molar-refractivity contribution >= 4 is 29.3 Å². The highest BCUT2D eigenvalue weighted by Gasteiger charge is 2.48. The Labute approximate surface area is 93.1 Å². The van der Waals surface area contributed by atoms with E-state index in [1.165, 1.54) is 17.9 Å². The normalized spacial score (nSPS) is 39.3. The zero-order chi connectivity index (χ0) is 9.60. The molecule has 1 saturated heterocycles. The first-order chi connectivity index (χ1) is 6.80. The van der Waals surface area contributed by atoms with E-state index >= 15 is 0 Å². The van der Waals surface area contributed by atoms with Crippen LogP contribution in [0.5, 0.6) is 0 Å². The van der Waals surface area contributed by atoms with E-state index in [0.717, 1.165) is 12.8 Å². The summed E-state index contributed by atoms with van der Waals surface area (Å²) in [6.07, 6.45) is 7.80. The highest BCUT2D eigenvalue weighted by atomic mass is 32.2. The molecule has 14 heavy (non-hydrogen) atoms. The standard InChI is InChI=1S/C11H14OS2/c12-10-7-9-6-8(10)2-3-11(9)13-4-1-5-14-11/h2-3,8-9H,1,4-7H2/t8-,9-/m1/s1. The van der Waals surface area contributed by atoms with Crippen LogP contribution < -0.4 is 0 Å². The van der Waals surface area contributed by atoms with Crippen LogP contribution in [-0.2, 0) is 4.79 Å². The van der Waals surface area contributed by atoms with Crippen molar-refractivity contribution in [1.82, 2.24) is 0 Å². The second-order valence-electron chi connectivity index (χ2n) is 4.34. The molecule has 2 fully saturated rings. The van der Waals surface area contributed by atoms with Crippen molar-refractivity contribution < 1.29 is 4.79 Å². The van der Waals surface area contributed by atoms with Crippen LogP contribution in [0.1, 0.15) is 19.3 Å². The molecule has 3 heteroatoms. The zero-order valence-electron chi connectivity index (χ0n) is 8.07. The van der Waals surface area contributed by atoms with Crippen LogP contribution in [0.3, 0.4) is 0 Å². The molecule has 1 spiro atoms. The average molecular weight is 226 g/mol. The van der Waals surface area contributed by atoms with Crippen molar-refractivity contribution in [2.45, 2.75) is 23.3 Å². The van der Waals surface area contributed by atoms with Crippen molar-refractivity contribution in [1.29, 1.82) is 0 Å². The average Bonchev–Trinajstić information content (AvgIpc) is 2.54. The van der Waals surface area contributed by atoms with E-state index in [9.17, 15) is 4.79 Å². The number of thioether (sulfide) groups is 2. The van der Waals surface area contributed by atoms with E-state index < -0.39 is 0 Å². The van der Waals surface area contributed by atoms with Gasteiger partial charge in [-0.05, 0) is 30.3 Å². The Kier molecular flexibility index (Phi) is 2.21. The van der Waals surface area contributed by atoms with Gasteiger partial charge < -0.3 is 0 Å². The summed E-state index contributed by atoms with van der Waals surface area (Å²) in [6.45, 7) is 0. The summed E-state index contributed by atoms with van der Waals surface area (Å²) in [5.41, 5.74) is 0. The zero-order valence-corrected chi connectivity index (χ0v) is 9.70. The summed E-state index contributed by atoms with van der Waals surface area (Å²) in [5, 5.41) is 0. The fraction of sp³-hybridized carbons (Fsp3) is 0.727. The number of Topliss-reactive ketones (excluding diaryl/α,β-unsaturated/α-hetero) is 1. The van der Waals surface area contributed by atoms with Gasteiger partial charge in [-0.15, -0.1) is 23.5 Å². The van der Waals surface area contributed by atoms with Crippen LogP contribution in [0.4, 0.5) is 0 Å². The third kappa shape index (κ3) is 1.28. The number of fused-ring (bicyclic) bond motifs is 3. The number of carbonyl (C=O) groups excluding carboxylic acids is 1. The van der Waals surface area contributed by atoms with Gasteiger partial charge in [0, 0.05) is 12.3 Å². The predicted molar refractivity (Wildman–Crippen MR) is 62.6 cm³/mol. The van der Waals surface area contributed by atoms with Crippen molar-refractivity contribution in [3.63, 3.8) is 0 Å². The summed E-state index contributed by atoms with van der Waals surface area (Å²) in [5.74, 6) is 3.92. The van der Waals surface area contributed by atoms with Gasteiger partial charge in [0.2, 0.25) is 0 Å². The topological polar surface area (TPSA) is 17.1 Å². The van der Waals surface area contributed by atoms with Crippen LogP contribution in [0, 0.1) is 11.8 Å². The molecule has 1 heterocycles. The maximum Gasteiger partial charge on any atom is 0.140 e. The smallest absolute Gasteiger partial charge is 0.140 e. The molecular formula is C11H14OS2. The molecule has 0 N–H and O–H groups in total. The van der Waals surface area contributed by atoms with Gasteiger partial charge in [0.05, 0.1) is 4.08 Å². The second kappa shape index (κ2) is 3.31. The molecule has 0 unspecified atom stereocenters. The Morgan fingerprint density at radius 2 is 2.14 bits per heavy atom. The fourth-order valence-electron chi connectivity index (χ4n) is 2.69. The Morgan fingerprint density at radius 3 is 2.93 bits per heavy atom. The molecule has 1 aliphatic heterocycles. The molecule has 3 aliphatic rings. The van der Waals surface area contributed by atoms with Crippen molar-refractivity contribution in [2.75, 3.05) is 11.5 Å². The first kappa shape index (κ1) is 9.34. The number of rotatable bonds is 0. The van der Waals surface area contributed by atoms with Gasteiger partial charge in [0.25, 0.3) is 0 Å². The van der Waals surface area contributed by atoms with Gasteiger partial charge in [0.15, 0.2) is 0 Å². The first-order valence-electron chi connectivity index (χ1n) is 5.30. The fourth-order valence-corrected chi connectivity index (χ4v) is 6.10. The summed E-state index contributed by atoms with van der Waals surface area (Å²) in [4.78, 5) is 11.6. The maximum atomic E-state index is 11.6. The lowest BCUT2D eigenvalue weighted by atomic mass is 9.94. The van der Waals surface area contributed by atoms with E-state index in [0.29, 0.717) is 11.7 Å². The van der Waals surface area contributed by atoms with Crippen LogP contribution in [0.2, 0.25) is 0 Å². The Morgan fingerprint density at radius 1 is 1.36 bits per heavy atom. The third-order valence-corrected chi connectivity index (χ3v) is 7.01. The third-order valence-electron chi connectivity index (χ3n) is 3.47. The summed E-state index contributed by atoms with van der Waals surface area (Å²) >= 11 is 4.14.